The van der Waals surface area contributed by atoms with Crippen molar-refractivity contribution >= 4 is 17.8 Å². The van der Waals surface area contributed by atoms with Crippen LogP contribution in [0.5, 0.6) is 0 Å². The zero-order valence-corrected chi connectivity index (χ0v) is 16.6. The van der Waals surface area contributed by atoms with Gasteiger partial charge in [-0.2, -0.15) is 0 Å². The first-order chi connectivity index (χ1) is 12.6. The van der Waals surface area contributed by atoms with E-state index in [2.05, 4.69) is 38.2 Å². The van der Waals surface area contributed by atoms with Gasteiger partial charge in [0.15, 0.2) is 0 Å². The lowest BCUT2D eigenvalue weighted by molar-refractivity contribution is -0.142. The number of nitrogens with one attached hydrogen (secondary N) is 2. The summed E-state index contributed by atoms with van der Waals surface area (Å²) < 4.78 is 0. The topological polar surface area (TPSA) is 98.7 Å². The highest BCUT2D eigenvalue weighted by molar-refractivity contribution is 6.07. The summed E-state index contributed by atoms with van der Waals surface area (Å²) in [6.07, 6.45) is 1.08. The number of amides is 4. The monoisotopic (exact) mass is 375 g/mol. The Hall–Kier alpha value is -2.41. The molecule has 1 fully saturated rings. The van der Waals surface area contributed by atoms with E-state index in [0.717, 1.165) is 10.5 Å². The van der Waals surface area contributed by atoms with Crippen molar-refractivity contribution in [2.24, 2.45) is 5.92 Å². The van der Waals surface area contributed by atoms with Crippen LogP contribution in [0.1, 0.15) is 52.2 Å². The molecule has 2 rings (SSSR count). The Kier molecular flexibility index (Phi) is 6.26. The van der Waals surface area contributed by atoms with E-state index in [1.54, 1.807) is 19.3 Å². The minimum absolute atomic E-state index is 0.0769. The van der Waals surface area contributed by atoms with E-state index in [4.69, 9.17) is 5.21 Å². The Morgan fingerprint density at radius 1 is 1.22 bits per heavy atom. The van der Waals surface area contributed by atoms with E-state index in [1.165, 1.54) is 5.56 Å². The van der Waals surface area contributed by atoms with Crippen molar-refractivity contribution in [2.45, 2.75) is 65.0 Å². The van der Waals surface area contributed by atoms with Crippen molar-refractivity contribution < 1.29 is 19.6 Å². The Morgan fingerprint density at radius 3 is 2.30 bits per heavy atom. The number of aryl methyl sites for hydroxylation is 1. The van der Waals surface area contributed by atoms with Gasteiger partial charge >= 0.3 is 6.03 Å². The molecule has 0 spiro atoms. The number of hydrogen-bond donors (Lipinski definition) is 3. The van der Waals surface area contributed by atoms with Crippen LogP contribution in [-0.2, 0) is 21.4 Å². The van der Waals surface area contributed by atoms with Crippen LogP contribution in [0.3, 0.4) is 0 Å². The maximum absolute atomic E-state index is 12.7. The number of rotatable bonds is 6. The van der Waals surface area contributed by atoms with Crippen LogP contribution in [0.25, 0.3) is 0 Å². The minimum atomic E-state index is -1.04. The van der Waals surface area contributed by atoms with Crippen LogP contribution in [0.4, 0.5) is 4.79 Å². The zero-order chi connectivity index (χ0) is 20.4. The lowest BCUT2D eigenvalue weighted by atomic mass is 9.86. The molecule has 2 atom stereocenters. The molecule has 1 aromatic carbocycles. The minimum Gasteiger partial charge on any atom is -0.326 e. The van der Waals surface area contributed by atoms with Gasteiger partial charge in [0.05, 0.1) is 0 Å². The van der Waals surface area contributed by atoms with Gasteiger partial charge in [-0.05, 0) is 35.3 Å². The van der Waals surface area contributed by atoms with Crippen LogP contribution in [-0.4, -0.2) is 40.0 Å². The second-order valence-electron chi connectivity index (χ2n) is 8.36. The number of imide groups is 1. The lowest BCUT2D eigenvalue weighted by Gasteiger charge is -2.26. The molecule has 7 heteroatoms. The Morgan fingerprint density at radius 2 is 1.81 bits per heavy atom. The van der Waals surface area contributed by atoms with Gasteiger partial charge in [-0.15, -0.1) is 0 Å². The maximum Gasteiger partial charge on any atom is 0.325 e. The molecule has 0 aromatic heterocycles. The van der Waals surface area contributed by atoms with Gasteiger partial charge in [0.25, 0.3) is 11.8 Å². The molecule has 1 aliphatic heterocycles. The smallest absolute Gasteiger partial charge is 0.325 e. The summed E-state index contributed by atoms with van der Waals surface area (Å²) in [7, 11) is 0. The molecular weight excluding hydrogens is 346 g/mol. The molecule has 0 bridgehead atoms. The summed E-state index contributed by atoms with van der Waals surface area (Å²) in [6.45, 7) is 9.88. The van der Waals surface area contributed by atoms with Gasteiger partial charge in [-0.3, -0.25) is 14.8 Å². The summed E-state index contributed by atoms with van der Waals surface area (Å²) >= 11 is 0. The Balaban J connectivity index is 2.05. The molecule has 0 radical (unpaired) electrons. The molecule has 3 N–H and O–H groups in total. The number of hydrogen-bond acceptors (Lipinski definition) is 4. The third-order valence-corrected chi connectivity index (χ3v) is 4.88. The van der Waals surface area contributed by atoms with Crippen LogP contribution < -0.4 is 10.8 Å². The van der Waals surface area contributed by atoms with Crippen LogP contribution in [0, 0.1) is 5.92 Å². The van der Waals surface area contributed by atoms with Crippen molar-refractivity contribution in [3.63, 3.8) is 0 Å². The zero-order valence-electron chi connectivity index (χ0n) is 16.6. The molecule has 7 nitrogen and oxygen atoms in total. The van der Waals surface area contributed by atoms with E-state index in [9.17, 15) is 14.4 Å². The van der Waals surface area contributed by atoms with Gasteiger partial charge in [0.1, 0.15) is 12.1 Å². The van der Waals surface area contributed by atoms with Gasteiger partial charge in [-0.1, -0.05) is 58.9 Å². The SMILES string of the molecule is CC(C)[C@H](C(=O)NO)N1C(=O)N[C@@H](CCc2ccc(C(C)(C)C)cc2)C1=O. The molecule has 0 unspecified atom stereocenters. The second-order valence-corrected chi connectivity index (χ2v) is 8.36. The van der Waals surface area contributed by atoms with Gasteiger partial charge in [0.2, 0.25) is 0 Å². The predicted molar refractivity (Wildman–Crippen MR) is 101 cm³/mol. The van der Waals surface area contributed by atoms with Crippen LogP contribution in [0.15, 0.2) is 24.3 Å². The number of carbonyl (C=O) groups excluding carboxylic acids is 3. The Bertz CT molecular complexity index is 707. The first-order valence-corrected chi connectivity index (χ1v) is 9.23. The highest BCUT2D eigenvalue weighted by atomic mass is 16.5. The van der Waals surface area contributed by atoms with E-state index >= 15 is 0 Å². The van der Waals surface area contributed by atoms with Crippen LogP contribution in [0.2, 0.25) is 0 Å². The largest absolute Gasteiger partial charge is 0.326 e. The summed E-state index contributed by atoms with van der Waals surface area (Å²) in [5, 5.41) is 11.6. The first kappa shape index (κ1) is 20.9. The molecule has 1 aromatic rings. The molecule has 0 aliphatic carbocycles. The number of urea groups is 1. The van der Waals surface area contributed by atoms with Crippen molar-refractivity contribution in [1.29, 1.82) is 0 Å². The van der Waals surface area contributed by atoms with E-state index < -0.39 is 29.9 Å². The number of hydroxylamine groups is 1. The lowest BCUT2D eigenvalue weighted by Crippen LogP contribution is -2.52. The molecule has 27 heavy (non-hydrogen) atoms. The molecule has 1 heterocycles. The van der Waals surface area contributed by atoms with Crippen molar-refractivity contribution in [3.05, 3.63) is 35.4 Å². The number of carbonyl (C=O) groups is 3. The third kappa shape index (κ3) is 4.66. The van der Waals surface area contributed by atoms with Crippen molar-refractivity contribution in [2.75, 3.05) is 0 Å². The maximum atomic E-state index is 12.7. The van der Waals surface area contributed by atoms with Gasteiger partial charge in [0, 0.05) is 0 Å². The molecule has 1 saturated heterocycles. The fraction of sp³-hybridized carbons (Fsp3) is 0.550. The normalized spacial score (nSPS) is 18.6. The van der Waals surface area contributed by atoms with E-state index in [-0.39, 0.29) is 11.3 Å². The number of benzene rings is 1. The predicted octanol–water partition coefficient (Wildman–Crippen LogP) is 2.37. The fourth-order valence-corrected chi connectivity index (χ4v) is 3.27. The average Bonchev–Trinajstić information content (AvgIpc) is 2.87. The Labute approximate surface area is 160 Å². The summed E-state index contributed by atoms with van der Waals surface area (Å²) in [5.74, 6) is -1.53. The fourth-order valence-electron chi connectivity index (χ4n) is 3.27. The molecule has 0 saturated carbocycles. The van der Waals surface area contributed by atoms with Crippen molar-refractivity contribution in [1.82, 2.24) is 15.7 Å². The first-order valence-electron chi connectivity index (χ1n) is 9.23. The van der Waals surface area contributed by atoms with Crippen molar-refractivity contribution in [3.8, 4) is 0 Å². The summed E-state index contributed by atoms with van der Waals surface area (Å²) in [6, 6.07) is 5.92. The molecule has 148 valence electrons. The second kappa shape index (κ2) is 8.08. The average molecular weight is 375 g/mol. The van der Waals surface area contributed by atoms with E-state index in [1.807, 2.05) is 12.1 Å². The van der Waals surface area contributed by atoms with Crippen LogP contribution >= 0.6 is 0 Å². The van der Waals surface area contributed by atoms with E-state index in [0.29, 0.717) is 12.8 Å². The quantitative estimate of drug-likeness (QED) is 0.404. The highest BCUT2D eigenvalue weighted by Crippen LogP contribution is 2.23. The molecular formula is C20H29N3O4. The van der Waals surface area contributed by atoms with Gasteiger partial charge in [-0.25, -0.2) is 15.2 Å². The summed E-state index contributed by atoms with van der Waals surface area (Å²) in [5.41, 5.74) is 3.93. The van der Waals surface area contributed by atoms with Gasteiger partial charge < -0.3 is 5.32 Å². The third-order valence-electron chi connectivity index (χ3n) is 4.88. The standard InChI is InChI=1S/C20H29N3O4/c1-12(2)16(17(24)22-27)23-18(25)15(21-19(23)26)11-8-13-6-9-14(10-7-13)20(3,4)5/h6-7,9-10,12,15-16,27H,8,11H2,1-5H3,(H,21,26)(H,22,24)/t15-,16+/m0/s1. The number of nitrogens with zero attached hydrogens (tertiary/aromatic N) is 1. The molecule has 1 aliphatic rings. The summed E-state index contributed by atoms with van der Waals surface area (Å²) in [4.78, 5) is 37.7. The molecule has 4 amide bonds. The highest BCUT2D eigenvalue weighted by Gasteiger charge is 2.45.